The summed E-state index contributed by atoms with van der Waals surface area (Å²) in [6.45, 7) is 2.02. The molecule has 2 N–H and O–H groups in total. The Morgan fingerprint density at radius 3 is 2.76 bits per heavy atom. The summed E-state index contributed by atoms with van der Waals surface area (Å²) in [5.41, 5.74) is 1.33. The minimum Gasteiger partial charge on any atom is -0.487 e. The second kappa shape index (κ2) is 8.10. The first-order chi connectivity index (χ1) is 13.8. The molecular weight excluding hydrogens is 400 g/mol. The van der Waals surface area contributed by atoms with Gasteiger partial charge < -0.3 is 24.2 Å². The van der Waals surface area contributed by atoms with Crippen molar-refractivity contribution in [2.75, 3.05) is 43.9 Å². The number of amides is 1. The molecule has 2 fully saturated rings. The van der Waals surface area contributed by atoms with Crippen molar-refractivity contribution in [1.82, 2.24) is 4.90 Å². The number of anilines is 1. The summed E-state index contributed by atoms with van der Waals surface area (Å²) in [5.74, 6) is 0.584. The van der Waals surface area contributed by atoms with E-state index in [1.165, 1.54) is 0 Å². The topological polar surface area (TPSA) is 114 Å². The summed E-state index contributed by atoms with van der Waals surface area (Å²) in [4.78, 5) is 14.4. The quantitative estimate of drug-likeness (QED) is 0.696. The van der Waals surface area contributed by atoms with E-state index in [0.717, 1.165) is 11.8 Å². The summed E-state index contributed by atoms with van der Waals surface area (Å²) < 4.78 is 42.9. The number of rotatable bonds is 5. The lowest BCUT2D eigenvalue weighted by atomic mass is 9.84. The monoisotopic (exact) mass is 426 g/mol. The van der Waals surface area contributed by atoms with E-state index in [0.29, 0.717) is 44.2 Å². The lowest BCUT2D eigenvalue weighted by molar-refractivity contribution is -0.151. The molecule has 2 saturated heterocycles. The Balaban J connectivity index is 1.51. The summed E-state index contributed by atoms with van der Waals surface area (Å²) in [7, 11) is -3.39. The van der Waals surface area contributed by atoms with Gasteiger partial charge in [-0.1, -0.05) is 0 Å². The Morgan fingerprint density at radius 1 is 1.31 bits per heavy atom. The van der Waals surface area contributed by atoms with E-state index in [9.17, 15) is 18.3 Å². The molecule has 10 heteroatoms. The number of morpholine rings is 1. The van der Waals surface area contributed by atoms with E-state index in [2.05, 4.69) is 4.72 Å². The zero-order valence-corrected chi connectivity index (χ0v) is 17.1. The fraction of sp³-hybridized carbons (Fsp3) is 0.632. The molecule has 1 aromatic rings. The first kappa shape index (κ1) is 20.4. The van der Waals surface area contributed by atoms with Crippen LogP contribution in [0.25, 0.3) is 0 Å². The van der Waals surface area contributed by atoms with Gasteiger partial charge in [-0.15, -0.1) is 0 Å². The molecular formula is C19H26N2O7S. The fourth-order valence-corrected chi connectivity index (χ4v) is 4.86. The van der Waals surface area contributed by atoms with Crippen molar-refractivity contribution in [2.45, 2.75) is 37.1 Å². The Kier molecular flexibility index (Phi) is 5.69. The molecule has 0 bridgehead atoms. The second-order valence-electron chi connectivity index (χ2n) is 7.73. The van der Waals surface area contributed by atoms with E-state index in [-0.39, 0.29) is 37.1 Å². The number of hydrogen-bond acceptors (Lipinski definition) is 7. The molecule has 1 amide bonds. The number of sulfonamides is 1. The zero-order valence-electron chi connectivity index (χ0n) is 16.2. The maximum atomic E-state index is 12.6. The van der Waals surface area contributed by atoms with Crippen molar-refractivity contribution in [3.8, 4) is 5.75 Å². The van der Waals surface area contributed by atoms with Crippen LogP contribution in [0.5, 0.6) is 5.75 Å². The van der Waals surface area contributed by atoms with Gasteiger partial charge >= 0.3 is 0 Å². The first-order valence-corrected chi connectivity index (χ1v) is 11.6. The maximum absolute atomic E-state index is 12.6. The number of carbonyl (C=O) groups excluding carboxylic acids is 1. The minimum absolute atomic E-state index is 0.0140. The zero-order chi connectivity index (χ0) is 20.6. The molecule has 1 aromatic carbocycles. The average molecular weight is 426 g/mol. The number of ether oxygens (including phenoxy) is 3. The van der Waals surface area contributed by atoms with Crippen LogP contribution in [0.3, 0.4) is 0 Å². The van der Waals surface area contributed by atoms with Crippen molar-refractivity contribution in [3.63, 3.8) is 0 Å². The maximum Gasteiger partial charge on any atom is 0.229 e. The Bertz CT molecular complexity index is 869. The molecule has 0 spiro atoms. The van der Waals surface area contributed by atoms with Crippen LogP contribution in [0.2, 0.25) is 0 Å². The summed E-state index contributed by atoms with van der Waals surface area (Å²) >= 11 is 0. The molecule has 0 aliphatic carbocycles. The largest absolute Gasteiger partial charge is 0.487 e. The van der Waals surface area contributed by atoms with Gasteiger partial charge in [-0.2, -0.15) is 0 Å². The highest BCUT2D eigenvalue weighted by atomic mass is 32.2. The predicted molar refractivity (Wildman–Crippen MR) is 104 cm³/mol. The molecule has 3 heterocycles. The highest BCUT2D eigenvalue weighted by Gasteiger charge is 2.46. The van der Waals surface area contributed by atoms with Gasteiger partial charge in [0.05, 0.1) is 38.6 Å². The Morgan fingerprint density at radius 2 is 2.07 bits per heavy atom. The predicted octanol–water partition coefficient (Wildman–Crippen LogP) is 0.301. The van der Waals surface area contributed by atoms with E-state index in [4.69, 9.17) is 14.2 Å². The van der Waals surface area contributed by atoms with Crippen molar-refractivity contribution >= 4 is 21.6 Å². The van der Waals surface area contributed by atoms with E-state index in [1.54, 1.807) is 23.1 Å². The van der Waals surface area contributed by atoms with Gasteiger partial charge in [0.2, 0.25) is 15.9 Å². The van der Waals surface area contributed by atoms with Crippen molar-refractivity contribution < 1.29 is 32.5 Å². The summed E-state index contributed by atoms with van der Waals surface area (Å²) in [6.07, 6.45) is 0.643. The SMILES string of the molecule is CS(=O)(=O)Nc1ccc2c(c1)[C@H]1C[C@@H](CC(=O)N3CCOCC3)O[C@H](CO)[C@H]1O2. The molecule has 4 atom stereocenters. The molecule has 3 aliphatic heterocycles. The number of hydrogen-bond donors (Lipinski definition) is 2. The lowest BCUT2D eigenvalue weighted by Crippen LogP contribution is -2.48. The van der Waals surface area contributed by atoms with Crippen LogP contribution >= 0.6 is 0 Å². The van der Waals surface area contributed by atoms with E-state index >= 15 is 0 Å². The van der Waals surface area contributed by atoms with Gasteiger partial charge in [-0.3, -0.25) is 9.52 Å². The molecule has 9 nitrogen and oxygen atoms in total. The van der Waals surface area contributed by atoms with Crippen LogP contribution in [0, 0.1) is 0 Å². The van der Waals surface area contributed by atoms with E-state index in [1.807, 2.05) is 0 Å². The van der Waals surface area contributed by atoms with Crippen LogP contribution in [0.1, 0.15) is 24.3 Å². The molecule has 29 heavy (non-hydrogen) atoms. The number of aliphatic hydroxyl groups excluding tert-OH is 1. The number of nitrogens with zero attached hydrogens (tertiary/aromatic N) is 1. The van der Waals surface area contributed by atoms with E-state index < -0.39 is 16.1 Å². The molecule has 0 aromatic heterocycles. The van der Waals surface area contributed by atoms with Crippen LogP contribution < -0.4 is 9.46 Å². The van der Waals surface area contributed by atoms with Gasteiger partial charge in [0.25, 0.3) is 0 Å². The molecule has 160 valence electrons. The van der Waals surface area contributed by atoms with Crippen molar-refractivity contribution in [3.05, 3.63) is 23.8 Å². The molecule has 0 unspecified atom stereocenters. The molecule has 4 rings (SSSR count). The van der Waals surface area contributed by atoms with Gasteiger partial charge in [-0.05, 0) is 24.6 Å². The fourth-order valence-electron chi connectivity index (χ4n) is 4.30. The van der Waals surface area contributed by atoms with Crippen molar-refractivity contribution in [2.24, 2.45) is 0 Å². The highest BCUT2D eigenvalue weighted by Crippen LogP contribution is 2.47. The third-order valence-corrected chi connectivity index (χ3v) is 6.18. The van der Waals surface area contributed by atoms with Crippen LogP contribution in [0.15, 0.2) is 18.2 Å². The normalized spacial score (nSPS) is 29.0. The highest BCUT2D eigenvalue weighted by molar-refractivity contribution is 7.92. The number of benzene rings is 1. The van der Waals surface area contributed by atoms with Gasteiger partial charge in [0, 0.05) is 30.3 Å². The van der Waals surface area contributed by atoms with Crippen LogP contribution in [-0.2, 0) is 24.3 Å². The van der Waals surface area contributed by atoms with Gasteiger partial charge in [0.1, 0.15) is 18.0 Å². The Hall–Kier alpha value is -1.88. The van der Waals surface area contributed by atoms with Gasteiger partial charge in [0.15, 0.2) is 0 Å². The first-order valence-electron chi connectivity index (χ1n) is 9.74. The standard InChI is InChI=1S/C19H26N2O7S/c1-29(24,25)20-12-2-3-16-14(8-12)15-9-13(27-17(11-22)19(15)28-16)10-18(23)21-4-6-26-7-5-21/h2-3,8,13,15,17,19-20,22H,4-7,9-11H2,1H3/t13-,15+,17+,19-/m0/s1. The number of carbonyl (C=O) groups is 1. The number of fused-ring (bicyclic) bond motifs is 3. The summed E-state index contributed by atoms with van der Waals surface area (Å²) in [5, 5.41) is 9.82. The molecule has 3 aliphatic rings. The average Bonchev–Trinajstić information content (AvgIpc) is 3.05. The van der Waals surface area contributed by atoms with Crippen LogP contribution in [0.4, 0.5) is 5.69 Å². The third kappa shape index (κ3) is 4.50. The Labute approximate surface area is 170 Å². The van der Waals surface area contributed by atoms with Crippen molar-refractivity contribution in [1.29, 1.82) is 0 Å². The molecule has 0 saturated carbocycles. The van der Waals surface area contributed by atoms with Crippen LogP contribution in [-0.4, -0.2) is 81.8 Å². The minimum atomic E-state index is -3.39. The van der Waals surface area contributed by atoms with Gasteiger partial charge in [-0.25, -0.2) is 8.42 Å². The second-order valence-corrected chi connectivity index (χ2v) is 9.48. The smallest absolute Gasteiger partial charge is 0.229 e. The molecule has 0 radical (unpaired) electrons. The number of aliphatic hydroxyl groups is 1. The third-order valence-electron chi connectivity index (χ3n) is 5.57. The lowest BCUT2D eigenvalue weighted by Gasteiger charge is -2.38. The summed E-state index contributed by atoms with van der Waals surface area (Å²) in [6, 6.07) is 5.14. The number of nitrogens with one attached hydrogen (secondary N) is 1.